The summed E-state index contributed by atoms with van der Waals surface area (Å²) < 4.78 is 95.6. The zero-order chi connectivity index (χ0) is 35.0. The van der Waals surface area contributed by atoms with E-state index in [0.717, 1.165) is 16.7 Å². The Balaban J connectivity index is 1.57. The van der Waals surface area contributed by atoms with Crippen molar-refractivity contribution in [1.29, 1.82) is 0 Å². The fourth-order valence-corrected chi connectivity index (χ4v) is 6.69. The highest BCUT2D eigenvalue weighted by atomic mass is 127. The summed E-state index contributed by atoms with van der Waals surface area (Å²) in [5.74, 6) is -0.584. The Labute approximate surface area is 295 Å². The summed E-state index contributed by atoms with van der Waals surface area (Å²) in [5.41, 5.74) is 6.19. The minimum Gasteiger partial charge on any atom is -0.488 e. The summed E-state index contributed by atoms with van der Waals surface area (Å²) >= 11 is 1.68. The van der Waals surface area contributed by atoms with Crippen molar-refractivity contribution in [3.8, 4) is 11.5 Å². The third-order valence-corrected chi connectivity index (χ3v) is 9.64. The molecule has 1 heterocycles. The van der Waals surface area contributed by atoms with Gasteiger partial charge in [0.1, 0.15) is 18.5 Å². The third kappa shape index (κ3) is 9.04. The van der Waals surface area contributed by atoms with Crippen molar-refractivity contribution in [2.24, 2.45) is 5.11 Å². The molecule has 0 spiro atoms. The number of hydrogen-bond donors (Lipinski definition) is 0. The lowest BCUT2D eigenvalue weighted by Crippen LogP contribution is -2.54. The standard InChI is InChI=1S/C34H31F3IN3O7S/c1-22-30(45-20-24-13-7-3-8-14-24)29(40-41-39)33(46-21-25-15-9-4-10-16-25)32(47-22)26-17-18-27(44-19-23-11-5-2-6-12-23)28(38)31(26)48-49(42,43)34(35,36)37/h2-18,22,29-30,32-33H,19-21H2,1H3/t22-,29+,30+,32+,33-/m0/s1. The van der Waals surface area contributed by atoms with Gasteiger partial charge in [-0.05, 0) is 63.9 Å². The highest BCUT2D eigenvalue weighted by Gasteiger charge is 2.51. The Hall–Kier alpha value is -3.86. The first-order chi connectivity index (χ1) is 23.5. The lowest BCUT2D eigenvalue weighted by molar-refractivity contribution is -0.209. The molecule has 1 saturated heterocycles. The monoisotopic (exact) mass is 809 g/mol. The minimum absolute atomic E-state index is 0.00496. The second kappa shape index (κ2) is 16.2. The molecule has 4 aromatic rings. The van der Waals surface area contributed by atoms with Crippen LogP contribution in [-0.2, 0) is 44.1 Å². The molecule has 0 N–H and O–H groups in total. The van der Waals surface area contributed by atoms with Crippen molar-refractivity contribution in [2.75, 3.05) is 0 Å². The number of alkyl halides is 3. The number of rotatable bonds is 13. The first kappa shape index (κ1) is 36.4. The second-order valence-corrected chi connectivity index (χ2v) is 13.6. The van der Waals surface area contributed by atoms with Gasteiger partial charge in [0.15, 0.2) is 5.75 Å². The molecule has 4 aromatic carbocycles. The average Bonchev–Trinajstić information content (AvgIpc) is 3.09. The van der Waals surface area contributed by atoms with Gasteiger partial charge in [-0.25, -0.2) is 0 Å². The van der Waals surface area contributed by atoms with E-state index in [0.29, 0.717) is 0 Å². The molecule has 49 heavy (non-hydrogen) atoms. The van der Waals surface area contributed by atoms with Crippen LogP contribution in [-0.4, -0.2) is 38.3 Å². The molecule has 258 valence electrons. The van der Waals surface area contributed by atoms with E-state index in [4.69, 9.17) is 23.1 Å². The number of halogens is 4. The summed E-state index contributed by atoms with van der Waals surface area (Å²) in [6.07, 6.45) is -4.11. The average molecular weight is 810 g/mol. The molecule has 1 aliphatic heterocycles. The first-order valence-corrected chi connectivity index (χ1v) is 17.5. The molecular weight excluding hydrogens is 778 g/mol. The Morgan fingerprint density at radius 3 is 1.84 bits per heavy atom. The van der Waals surface area contributed by atoms with Gasteiger partial charge in [-0.3, -0.25) is 0 Å². The smallest absolute Gasteiger partial charge is 0.488 e. The molecule has 1 aliphatic rings. The fraction of sp³-hybridized carbons (Fsp3) is 0.294. The summed E-state index contributed by atoms with van der Waals surface area (Å²) in [7, 11) is -6.14. The van der Waals surface area contributed by atoms with Crippen molar-refractivity contribution in [2.45, 2.75) is 62.7 Å². The predicted octanol–water partition coefficient (Wildman–Crippen LogP) is 8.41. The summed E-state index contributed by atoms with van der Waals surface area (Å²) in [5, 5.41) is 4.03. The molecule has 10 nitrogen and oxygen atoms in total. The number of nitrogens with zero attached hydrogens (tertiary/aromatic N) is 3. The largest absolute Gasteiger partial charge is 0.534 e. The van der Waals surface area contributed by atoms with E-state index in [-0.39, 0.29) is 34.7 Å². The minimum atomic E-state index is -6.14. The lowest BCUT2D eigenvalue weighted by atomic mass is 9.89. The number of ether oxygens (including phenoxy) is 4. The van der Waals surface area contributed by atoms with Crippen molar-refractivity contribution in [1.82, 2.24) is 0 Å². The fourth-order valence-electron chi connectivity index (χ4n) is 5.29. The van der Waals surface area contributed by atoms with Gasteiger partial charge in [0.05, 0.1) is 41.1 Å². The van der Waals surface area contributed by atoms with Gasteiger partial charge in [0.25, 0.3) is 0 Å². The van der Waals surface area contributed by atoms with E-state index in [9.17, 15) is 27.1 Å². The molecule has 0 saturated carbocycles. The number of hydrogen-bond acceptors (Lipinski definition) is 8. The third-order valence-electron chi connectivity index (χ3n) is 7.66. The summed E-state index contributed by atoms with van der Waals surface area (Å²) in [6.45, 7) is 1.83. The van der Waals surface area contributed by atoms with E-state index in [1.54, 1.807) is 78.0 Å². The Kier molecular flexibility index (Phi) is 12.1. The van der Waals surface area contributed by atoms with Crippen LogP contribution in [0, 0.1) is 3.57 Å². The van der Waals surface area contributed by atoms with E-state index < -0.39 is 51.8 Å². The van der Waals surface area contributed by atoms with E-state index in [1.165, 1.54) is 12.1 Å². The molecule has 0 unspecified atom stereocenters. The van der Waals surface area contributed by atoms with Crippen LogP contribution in [0.3, 0.4) is 0 Å². The van der Waals surface area contributed by atoms with Crippen LogP contribution in [0.15, 0.2) is 108 Å². The normalized spacial score (nSPS) is 21.0. The van der Waals surface area contributed by atoms with Gasteiger partial charge < -0.3 is 23.1 Å². The zero-order valence-corrected chi connectivity index (χ0v) is 28.9. The Morgan fingerprint density at radius 1 is 0.816 bits per heavy atom. The zero-order valence-electron chi connectivity index (χ0n) is 25.9. The predicted molar refractivity (Wildman–Crippen MR) is 182 cm³/mol. The van der Waals surface area contributed by atoms with Crippen LogP contribution in [0.4, 0.5) is 13.2 Å². The van der Waals surface area contributed by atoms with Crippen LogP contribution in [0.1, 0.15) is 35.3 Å². The van der Waals surface area contributed by atoms with Gasteiger partial charge in [-0.15, -0.1) is 0 Å². The number of benzene rings is 4. The first-order valence-electron chi connectivity index (χ1n) is 15.0. The quantitative estimate of drug-likeness (QED) is 0.0331. The lowest BCUT2D eigenvalue weighted by Gasteiger charge is -2.44. The SMILES string of the molecule is C[C@@H]1O[C@H](c2ccc(OCc3ccccc3)c(I)c2OS(=O)(=O)C(F)(F)F)[C@@H](OCc2ccccc2)[C@H](N=[N+]=[N-])[C@@H]1OCc1ccccc1. The Morgan fingerprint density at radius 2 is 1.33 bits per heavy atom. The Bertz CT molecular complexity index is 1850. The van der Waals surface area contributed by atoms with Crippen molar-refractivity contribution in [3.05, 3.63) is 139 Å². The molecule has 15 heteroatoms. The van der Waals surface area contributed by atoms with Crippen molar-refractivity contribution in [3.63, 3.8) is 0 Å². The highest BCUT2D eigenvalue weighted by Crippen LogP contribution is 2.46. The van der Waals surface area contributed by atoms with Crippen molar-refractivity contribution < 1.29 is 44.7 Å². The summed E-state index contributed by atoms with van der Waals surface area (Å²) in [4.78, 5) is 3.04. The highest BCUT2D eigenvalue weighted by molar-refractivity contribution is 14.1. The molecule has 0 amide bonds. The molecular formula is C34H31F3IN3O7S. The topological polar surface area (TPSA) is 129 Å². The van der Waals surface area contributed by atoms with Gasteiger partial charge in [-0.2, -0.15) is 21.6 Å². The van der Waals surface area contributed by atoms with Crippen LogP contribution < -0.4 is 8.92 Å². The maximum Gasteiger partial charge on any atom is 0.534 e. The molecule has 0 radical (unpaired) electrons. The van der Waals surface area contributed by atoms with Gasteiger partial charge in [0.2, 0.25) is 0 Å². The van der Waals surface area contributed by atoms with Gasteiger partial charge in [0, 0.05) is 10.5 Å². The van der Waals surface area contributed by atoms with Gasteiger partial charge in [-0.1, -0.05) is 96.1 Å². The van der Waals surface area contributed by atoms with Gasteiger partial charge >= 0.3 is 15.6 Å². The van der Waals surface area contributed by atoms with Crippen LogP contribution >= 0.6 is 22.6 Å². The molecule has 0 aromatic heterocycles. The van der Waals surface area contributed by atoms with Crippen LogP contribution in [0.25, 0.3) is 10.4 Å². The molecule has 0 bridgehead atoms. The van der Waals surface area contributed by atoms with Crippen LogP contribution in [0.5, 0.6) is 11.5 Å². The molecule has 5 rings (SSSR count). The molecule has 5 atom stereocenters. The van der Waals surface area contributed by atoms with E-state index in [1.807, 2.05) is 42.5 Å². The van der Waals surface area contributed by atoms with E-state index in [2.05, 4.69) is 10.0 Å². The second-order valence-electron chi connectivity index (χ2n) is 11.0. The maximum absolute atomic E-state index is 13.7. The van der Waals surface area contributed by atoms with Crippen LogP contribution in [0.2, 0.25) is 0 Å². The summed E-state index contributed by atoms with van der Waals surface area (Å²) in [6, 6.07) is 29.1. The molecule has 0 aliphatic carbocycles. The van der Waals surface area contributed by atoms with Crippen molar-refractivity contribution >= 4 is 32.7 Å². The van der Waals surface area contributed by atoms with E-state index >= 15 is 0 Å². The molecule has 1 fully saturated rings. The maximum atomic E-state index is 13.7. The number of azide groups is 1.